The Balaban J connectivity index is 0.000000245. The van der Waals surface area contributed by atoms with E-state index in [2.05, 4.69) is 11.2 Å². The summed E-state index contributed by atoms with van der Waals surface area (Å²) in [5.41, 5.74) is -2.43. The average molecular weight is 939 g/mol. The summed E-state index contributed by atoms with van der Waals surface area (Å²) < 4.78 is 179. The van der Waals surface area contributed by atoms with E-state index in [1.807, 2.05) is 84.9 Å². The fraction of sp³-hybridized carbons (Fsp3) is 0.120. The van der Waals surface area contributed by atoms with E-state index in [4.69, 9.17) is 4.74 Å². The summed E-state index contributed by atoms with van der Waals surface area (Å²) in [6.07, 6.45) is -20.3. The number of halogens is 12. The predicted octanol–water partition coefficient (Wildman–Crippen LogP) is 12.3. The van der Waals surface area contributed by atoms with E-state index >= 15 is 0 Å². The summed E-state index contributed by atoms with van der Waals surface area (Å²) in [5.74, 6) is 4.98. The molecular weight excluding hydrogens is 903 g/mol. The lowest BCUT2D eigenvalue weighted by atomic mass is 9.13. The standard InChI is InChI=1S/C28H16BF12.C22H19O2S/c30-25(31,32)17-1-9-21(10-2-17)29(22-11-3-18(4-12-22)26(33,34)35,23-13-5-19(6-14-23)27(36,37)38)24-15-7-20(8-16-24)28(39,40)41;1-25(23,17-16-19-8-4-2-5-9-19)18-20-12-14-22(15-13-20)24-21-10-6-3-7-11-21/h1-16H;2-15H,18H2,1H3/q-1;+1. The van der Waals surface area contributed by atoms with Crippen molar-refractivity contribution in [1.82, 2.24) is 0 Å². The zero-order valence-electron chi connectivity index (χ0n) is 34.4. The van der Waals surface area contributed by atoms with Gasteiger partial charge in [0, 0.05) is 11.1 Å². The average Bonchev–Trinajstić information content (AvgIpc) is 3.27. The van der Waals surface area contributed by atoms with E-state index in [0.717, 1.165) is 71.2 Å². The zero-order valence-corrected chi connectivity index (χ0v) is 35.2. The van der Waals surface area contributed by atoms with Gasteiger partial charge >= 0.3 is 24.7 Å². The molecule has 1 atom stereocenters. The predicted molar refractivity (Wildman–Crippen MR) is 234 cm³/mol. The minimum Gasteiger partial charge on any atom is -0.457 e. The van der Waals surface area contributed by atoms with Crippen molar-refractivity contribution in [2.75, 3.05) is 6.26 Å². The Kier molecular flexibility index (Phi) is 14.3. The molecule has 0 aliphatic heterocycles. The Morgan fingerprint density at radius 1 is 0.424 bits per heavy atom. The summed E-state index contributed by atoms with van der Waals surface area (Å²) >= 11 is 0. The molecule has 0 saturated carbocycles. The van der Waals surface area contributed by atoms with Gasteiger partial charge in [-0.15, -0.1) is 0 Å². The van der Waals surface area contributed by atoms with Crippen LogP contribution in [-0.4, -0.2) is 12.4 Å². The molecule has 0 N–H and O–H groups in total. The molecule has 7 aromatic carbocycles. The van der Waals surface area contributed by atoms with Gasteiger partial charge in [-0.05, 0) is 42.3 Å². The van der Waals surface area contributed by atoms with E-state index in [-0.39, 0.29) is 21.9 Å². The minimum atomic E-state index is -4.77. The normalized spacial score (nSPS) is 13.0. The molecule has 0 spiro atoms. The van der Waals surface area contributed by atoms with Crippen LogP contribution < -0.4 is 26.6 Å². The third-order valence-electron chi connectivity index (χ3n) is 10.5. The Labute approximate surface area is 373 Å². The molecule has 2 nitrogen and oxygen atoms in total. The first-order valence-electron chi connectivity index (χ1n) is 19.7. The smallest absolute Gasteiger partial charge is 0.416 e. The number of benzene rings is 7. The molecule has 0 fully saturated rings. The maximum Gasteiger partial charge on any atom is 0.416 e. The van der Waals surface area contributed by atoms with Crippen molar-refractivity contribution in [2.45, 2.75) is 30.5 Å². The van der Waals surface area contributed by atoms with Crippen molar-refractivity contribution in [3.8, 4) is 22.7 Å². The second-order valence-electron chi connectivity index (χ2n) is 15.1. The highest BCUT2D eigenvalue weighted by molar-refractivity contribution is 8.05. The fourth-order valence-electron chi connectivity index (χ4n) is 7.32. The van der Waals surface area contributed by atoms with Gasteiger partial charge in [0.2, 0.25) is 0 Å². The van der Waals surface area contributed by atoms with E-state index in [1.54, 1.807) is 6.26 Å². The van der Waals surface area contributed by atoms with Crippen molar-refractivity contribution < 1.29 is 61.6 Å². The molecule has 0 amide bonds. The van der Waals surface area contributed by atoms with Crippen LogP contribution in [0.4, 0.5) is 52.7 Å². The number of para-hydroxylation sites is 1. The summed E-state index contributed by atoms with van der Waals surface area (Å²) in [7, 11) is -2.26. The topological polar surface area (TPSA) is 26.3 Å². The molecule has 0 aliphatic carbocycles. The quantitative estimate of drug-likeness (QED) is 0.0657. The summed E-state index contributed by atoms with van der Waals surface area (Å²) in [4.78, 5) is 0. The van der Waals surface area contributed by atoms with E-state index < -0.39 is 63.0 Å². The van der Waals surface area contributed by atoms with Crippen LogP contribution in [0.15, 0.2) is 182 Å². The van der Waals surface area contributed by atoms with E-state index in [1.165, 1.54) is 0 Å². The lowest BCUT2D eigenvalue weighted by molar-refractivity contribution is -0.138. The van der Waals surface area contributed by atoms with Gasteiger partial charge in [-0.1, -0.05) is 150 Å². The molecule has 0 radical (unpaired) electrons. The van der Waals surface area contributed by atoms with Crippen LogP contribution in [0.2, 0.25) is 0 Å². The Morgan fingerprint density at radius 3 is 1.05 bits per heavy atom. The summed E-state index contributed by atoms with van der Waals surface area (Å²) in [6.45, 7) is 0. The molecule has 7 aromatic rings. The van der Waals surface area contributed by atoms with Crippen molar-refractivity contribution in [1.29, 1.82) is 0 Å². The fourth-order valence-corrected chi connectivity index (χ4v) is 8.55. The SMILES string of the molecule is C[S+](=O)(C#Cc1ccccc1)Cc1ccc(Oc2ccccc2)cc1.FC(F)(F)c1ccc([B-](c2ccc(C(F)(F)F)cc2)(c2ccc(C(F)(F)F)cc2)c2ccc(C(F)(F)F)cc2)cc1. The highest BCUT2D eigenvalue weighted by Gasteiger charge is 2.38. The minimum absolute atomic E-state index is 0.0114. The van der Waals surface area contributed by atoms with Crippen LogP contribution in [0.3, 0.4) is 0 Å². The summed E-state index contributed by atoms with van der Waals surface area (Å²) in [6, 6.07) is 40.5. The number of hydrogen-bond acceptors (Lipinski definition) is 2. The van der Waals surface area contributed by atoms with Crippen LogP contribution in [0.5, 0.6) is 11.5 Å². The first-order valence-corrected chi connectivity index (χ1v) is 21.8. The highest BCUT2D eigenvalue weighted by atomic mass is 32.2. The first kappa shape index (κ1) is 48.7. The monoisotopic (exact) mass is 938 g/mol. The number of rotatable bonds is 8. The van der Waals surface area contributed by atoms with Crippen molar-refractivity contribution in [2.24, 2.45) is 0 Å². The second kappa shape index (κ2) is 19.4. The van der Waals surface area contributed by atoms with Gasteiger partial charge in [0.1, 0.15) is 29.7 Å². The molecule has 1 unspecified atom stereocenters. The maximum atomic E-state index is 13.3. The summed E-state index contributed by atoms with van der Waals surface area (Å²) in [5, 5.41) is 2.92. The second-order valence-corrected chi connectivity index (χ2v) is 17.6. The molecule has 0 aromatic heterocycles. The number of ether oxygens (including phenoxy) is 1. The molecule has 0 bridgehead atoms. The molecule has 0 saturated heterocycles. The molecule has 0 heterocycles. The zero-order chi connectivity index (χ0) is 48.0. The van der Waals surface area contributed by atoms with Crippen molar-refractivity contribution >= 4 is 37.9 Å². The first-order chi connectivity index (χ1) is 30.9. The van der Waals surface area contributed by atoms with E-state index in [9.17, 15) is 56.9 Å². The molecule has 340 valence electrons. The van der Waals surface area contributed by atoms with Gasteiger partial charge in [0.25, 0.3) is 0 Å². The molecule has 7 rings (SSSR count). The van der Waals surface area contributed by atoms with Crippen molar-refractivity contribution in [3.05, 3.63) is 215 Å². The highest BCUT2D eigenvalue weighted by Crippen LogP contribution is 2.33. The Bertz CT molecular complexity index is 2560. The number of alkyl halides is 12. The largest absolute Gasteiger partial charge is 0.457 e. The van der Waals surface area contributed by atoms with Gasteiger partial charge in [-0.3, -0.25) is 0 Å². The third kappa shape index (κ3) is 12.1. The Morgan fingerprint density at radius 2 is 0.727 bits per heavy atom. The van der Waals surface area contributed by atoms with Crippen LogP contribution in [0.25, 0.3) is 0 Å². The van der Waals surface area contributed by atoms with Gasteiger partial charge < -0.3 is 4.74 Å². The van der Waals surface area contributed by atoms with Gasteiger partial charge in [-0.25, -0.2) is 0 Å². The van der Waals surface area contributed by atoms with Gasteiger partial charge in [0.05, 0.1) is 22.3 Å². The molecule has 16 heteroatoms. The van der Waals surface area contributed by atoms with Crippen LogP contribution >= 0.6 is 0 Å². The van der Waals surface area contributed by atoms with E-state index in [0.29, 0.717) is 54.3 Å². The maximum absolute atomic E-state index is 13.3. The van der Waals surface area contributed by atoms with Gasteiger partial charge in [-0.2, -0.15) is 74.5 Å². The Hall–Kier alpha value is -6.73. The molecule has 0 aliphatic rings. The van der Waals surface area contributed by atoms with Gasteiger partial charge in [0.15, 0.2) is 15.2 Å². The van der Waals surface area contributed by atoms with Crippen LogP contribution in [0, 0.1) is 11.2 Å². The molecular formula is C50H35BF12O2S. The number of hydrogen-bond donors (Lipinski definition) is 0. The van der Waals surface area contributed by atoms with Crippen LogP contribution in [0.1, 0.15) is 33.4 Å². The lowest BCUT2D eigenvalue weighted by Crippen LogP contribution is -2.74. The van der Waals surface area contributed by atoms with Crippen LogP contribution in [-0.2, 0) is 44.6 Å². The lowest BCUT2D eigenvalue weighted by Gasteiger charge is -2.44. The van der Waals surface area contributed by atoms with Crippen molar-refractivity contribution in [3.63, 3.8) is 0 Å². The third-order valence-corrected chi connectivity index (χ3v) is 11.9. The molecule has 66 heavy (non-hydrogen) atoms.